The Morgan fingerprint density at radius 2 is 1.89 bits per heavy atom. The number of nitrogens with zero attached hydrogens (tertiary/aromatic N) is 3. The molecule has 0 spiro atoms. The Hall–Kier alpha value is -1.81. The smallest absolute Gasteiger partial charge is 0.0647 e. The van der Waals surface area contributed by atoms with Gasteiger partial charge in [-0.2, -0.15) is 5.10 Å². The fourth-order valence-corrected chi connectivity index (χ4v) is 1.90. The average molecular weight is 244 g/mol. The van der Waals surface area contributed by atoms with Crippen molar-refractivity contribution in [2.75, 3.05) is 26.0 Å². The van der Waals surface area contributed by atoms with Gasteiger partial charge < -0.3 is 10.2 Å². The van der Waals surface area contributed by atoms with E-state index in [0.717, 1.165) is 17.9 Å². The van der Waals surface area contributed by atoms with E-state index >= 15 is 0 Å². The Labute approximate surface area is 108 Å². The lowest BCUT2D eigenvalue weighted by atomic mass is 10.2. The summed E-state index contributed by atoms with van der Waals surface area (Å²) < 4.78 is 1.93. The van der Waals surface area contributed by atoms with Crippen molar-refractivity contribution in [3.05, 3.63) is 41.7 Å². The van der Waals surface area contributed by atoms with E-state index in [1.165, 1.54) is 11.3 Å². The highest BCUT2D eigenvalue weighted by molar-refractivity contribution is 5.49. The molecule has 1 N–H and O–H groups in total. The van der Waals surface area contributed by atoms with E-state index in [1.54, 1.807) is 0 Å². The molecule has 18 heavy (non-hydrogen) atoms. The van der Waals surface area contributed by atoms with Crippen LogP contribution in [0.4, 0.5) is 5.69 Å². The molecule has 1 aromatic carbocycles. The van der Waals surface area contributed by atoms with Crippen LogP contribution < -0.4 is 10.2 Å². The summed E-state index contributed by atoms with van der Waals surface area (Å²) in [7, 11) is 6.03. The van der Waals surface area contributed by atoms with E-state index in [-0.39, 0.29) is 0 Å². The Kier molecular flexibility index (Phi) is 3.67. The van der Waals surface area contributed by atoms with Gasteiger partial charge in [0.25, 0.3) is 0 Å². The van der Waals surface area contributed by atoms with Crippen molar-refractivity contribution < 1.29 is 0 Å². The maximum absolute atomic E-state index is 4.54. The topological polar surface area (TPSA) is 33.1 Å². The average Bonchev–Trinajstić information content (AvgIpc) is 2.72. The Morgan fingerprint density at radius 1 is 1.22 bits per heavy atom. The summed E-state index contributed by atoms with van der Waals surface area (Å²) in [6.45, 7) is 2.89. The molecule has 2 aromatic rings. The van der Waals surface area contributed by atoms with Crippen LogP contribution in [0, 0.1) is 6.92 Å². The zero-order chi connectivity index (χ0) is 13.1. The van der Waals surface area contributed by atoms with Crippen LogP contribution in [0.15, 0.2) is 30.5 Å². The Balaban J connectivity index is 2.28. The number of hydrogen-bond acceptors (Lipinski definition) is 3. The molecule has 1 aromatic heterocycles. The predicted molar refractivity (Wildman–Crippen MR) is 75.4 cm³/mol. The first-order chi connectivity index (χ1) is 8.61. The molecule has 0 aliphatic rings. The molecule has 4 nitrogen and oxygen atoms in total. The minimum Gasteiger partial charge on any atom is -0.378 e. The van der Waals surface area contributed by atoms with Crippen LogP contribution in [0.25, 0.3) is 5.69 Å². The lowest BCUT2D eigenvalue weighted by Crippen LogP contribution is -2.08. The zero-order valence-electron chi connectivity index (χ0n) is 11.4. The van der Waals surface area contributed by atoms with Crippen LogP contribution in [0.2, 0.25) is 0 Å². The standard InChI is InChI=1S/C14H20N4/c1-11-12(9-15-2)10-18(16-11)14-7-5-13(6-8-14)17(3)4/h5-8,10,15H,9H2,1-4H3. The second-order valence-electron chi connectivity index (χ2n) is 4.63. The van der Waals surface area contributed by atoms with Gasteiger partial charge in [0.05, 0.1) is 11.4 Å². The first-order valence-corrected chi connectivity index (χ1v) is 6.09. The lowest BCUT2D eigenvalue weighted by Gasteiger charge is -2.12. The monoisotopic (exact) mass is 244 g/mol. The van der Waals surface area contributed by atoms with Crippen molar-refractivity contribution in [1.29, 1.82) is 0 Å². The van der Waals surface area contributed by atoms with Crippen LogP contribution in [0.5, 0.6) is 0 Å². The number of aromatic nitrogens is 2. The van der Waals surface area contributed by atoms with E-state index in [0.29, 0.717) is 0 Å². The van der Waals surface area contributed by atoms with Gasteiger partial charge in [0, 0.05) is 38.1 Å². The van der Waals surface area contributed by atoms with Crippen molar-refractivity contribution in [1.82, 2.24) is 15.1 Å². The minimum atomic E-state index is 0.849. The molecule has 0 saturated carbocycles. The van der Waals surface area contributed by atoms with Gasteiger partial charge in [0.1, 0.15) is 0 Å². The van der Waals surface area contributed by atoms with Gasteiger partial charge in [-0.1, -0.05) is 0 Å². The van der Waals surface area contributed by atoms with Crippen molar-refractivity contribution >= 4 is 5.69 Å². The highest BCUT2D eigenvalue weighted by atomic mass is 15.3. The van der Waals surface area contributed by atoms with Gasteiger partial charge in [-0.25, -0.2) is 4.68 Å². The first kappa shape index (κ1) is 12.6. The van der Waals surface area contributed by atoms with Crippen molar-refractivity contribution in [3.63, 3.8) is 0 Å². The minimum absolute atomic E-state index is 0.849. The Morgan fingerprint density at radius 3 is 2.44 bits per heavy atom. The first-order valence-electron chi connectivity index (χ1n) is 6.09. The molecule has 0 bridgehead atoms. The molecular formula is C14H20N4. The van der Waals surface area contributed by atoms with Gasteiger partial charge in [0.2, 0.25) is 0 Å². The maximum Gasteiger partial charge on any atom is 0.0647 e. The van der Waals surface area contributed by atoms with Crippen LogP contribution in [0.3, 0.4) is 0 Å². The molecule has 0 aliphatic carbocycles. The quantitative estimate of drug-likeness (QED) is 0.892. The third kappa shape index (κ3) is 2.54. The summed E-state index contributed by atoms with van der Waals surface area (Å²) in [4.78, 5) is 2.09. The van der Waals surface area contributed by atoms with Crippen LogP contribution >= 0.6 is 0 Å². The predicted octanol–water partition coefficient (Wildman–Crippen LogP) is 1.97. The SMILES string of the molecule is CNCc1cn(-c2ccc(N(C)C)cc2)nc1C. The van der Waals surface area contributed by atoms with E-state index in [1.807, 2.05) is 32.7 Å². The number of hydrogen-bond donors (Lipinski definition) is 1. The molecule has 0 aliphatic heterocycles. The molecule has 96 valence electrons. The molecule has 0 saturated heterocycles. The highest BCUT2D eigenvalue weighted by Gasteiger charge is 2.05. The summed E-state index contributed by atoms with van der Waals surface area (Å²) in [5.41, 5.74) is 4.58. The van der Waals surface area contributed by atoms with Crippen LogP contribution in [0.1, 0.15) is 11.3 Å². The molecule has 1 heterocycles. The van der Waals surface area contributed by atoms with Gasteiger partial charge in [-0.3, -0.25) is 0 Å². The van der Waals surface area contributed by atoms with E-state index in [9.17, 15) is 0 Å². The molecule has 0 fully saturated rings. The summed E-state index contributed by atoms with van der Waals surface area (Å²) >= 11 is 0. The van der Waals surface area contributed by atoms with Crippen molar-refractivity contribution in [2.24, 2.45) is 0 Å². The molecule has 4 heteroatoms. The van der Waals surface area contributed by atoms with Crippen LogP contribution in [-0.2, 0) is 6.54 Å². The summed E-state index contributed by atoms with van der Waals surface area (Å²) in [5, 5.41) is 7.69. The third-order valence-electron chi connectivity index (χ3n) is 3.00. The highest BCUT2D eigenvalue weighted by Crippen LogP contribution is 2.16. The zero-order valence-corrected chi connectivity index (χ0v) is 11.4. The summed E-state index contributed by atoms with van der Waals surface area (Å²) in [6, 6.07) is 8.38. The van der Waals surface area contributed by atoms with E-state index in [2.05, 4.69) is 45.8 Å². The van der Waals surface area contributed by atoms with Gasteiger partial charge >= 0.3 is 0 Å². The second kappa shape index (κ2) is 5.23. The third-order valence-corrected chi connectivity index (χ3v) is 3.00. The van der Waals surface area contributed by atoms with Gasteiger partial charge in [0.15, 0.2) is 0 Å². The molecule has 0 unspecified atom stereocenters. The second-order valence-corrected chi connectivity index (χ2v) is 4.63. The molecular weight excluding hydrogens is 224 g/mol. The lowest BCUT2D eigenvalue weighted by molar-refractivity contribution is 0.812. The normalized spacial score (nSPS) is 10.7. The van der Waals surface area contributed by atoms with Crippen molar-refractivity contribution in [2.45, 2.75) is 13.5 Å². The van der Waals surface area contributed by atoms with Gasteiger partial charge in [-0.15, -0.1) is 0 Å². The molecule has 0 radical (unpaired) electrons. The number of rotatable bonds is 4. The molecule has 0 amide bonds. The number of benzene rings is 1. The molecule has 2 rings (SSSR count). The fourth-order valence-electron chi connectivity index (χ4n) is 1.90. The van der Waals surface area contributed by atoms with E-state index in [4.69, 9.17) is 0 Å². The van der Waals surface area contributed by atoms with Gasteiger partial charge in [-0.05, 0) is 38.2 Å². The largest absolute Gasteiger partial charge is 0.378 e. The Bertz CT molecular complexity index is 511. The van der Waals surface area contributed by atoms with Crippen LogP contribution in [-0.4, -0.2) is 30.9 Å². The van der Waals surface area contributed by atoms with Crippen molar-refractivity contribution in [3.8, 4) is 5.69 Å². The summed E-state index contributed by atoms with van der Waals surface area (Å²) in [5.74, 6) is 0. The molecule has 0 atom stereocenters. The number of anilines is 1. The maximum atomic E-state index is 4.54. The summed E-state index contributed by atoms with van der Waals surface area (Å²) in [6.07, 6.45) is 2.08. The number of aryl methyl sites for hydroxylation is 1. The number of nitrogens with one attached hydrogen (secondary N) is 1. The fraction of sp³-hybridized carbons (Fsp3) is 0.357. The van der Waals surface area contributed by atoms with E-state index < -0.39 is 0 Å².